The van der Waals surface area contributed by atoms with E-state index in [0.29, 0.717) is 4.90 Å². The normalized spacial score (nSPS) is 18.8. The second-order valence-electron chi connectivity index (χ2n) is 5.36. The summed E-state index contributed by atoms with van der Waals surface area (Å²) in [7, 11) is 0. The van der Waals surface area contributed by atoms with Crippen LogP contribution in [0.4, 0.5) is 5.69 Å². The number of carbonyl (C=O) groups is 3. The van der Waals surface area contributed by atoms with E-state index in [2.05, 4.69) is 6.58 Å². The zero-order chi connectivity index (χ0) is 18.1. The van der Waals surface area contributed by atoms with Gasteiger partial charge in [0.1, 0.15) is 5.56 Å². The van der Waals surface area contributed by atoms with E-state index in [4.69, 9.17) is 0 Å². The molecule has 1 amide bonds. The number of amides is 1. The maximum Gasteiger partial charge on any atom is 0.341 e. The molecule has 1 unspecified atom stereocenters. The summed E-state index contributed by atoms with van der Waals surface area (Å²) in [5.74, 6) is -4.97. The zero-order valence-electron chi connectivity index (χ0n) is 12.4. The van der Waals surface area contributed by atoms with Gasteiger partial charge in [0.05, 0.1) is 4.92 Å². The van der Waals surface area contributed by atoms with Crippen LogP contribution in [0.15, 0.2) is 36.9 Å². The minimum atomic E-state index is -2.49. The molecule has 2 rings (SSSR count). The summed E-state index contributed by atoms with van der Waals surface area (Å²) in [4.78, 5) is 47.0. The maximum atomic E-state index is 12.7. The largest absolute Gasteiger partial charge is 0.479 e. The number of nitrogens with zero attached hydrogens (tertiary/aromatic N) is 2. The van der Waals surface area contributed by atoms with Crippen molar-refractivity contribution in [1.29, 1.82) is 0 Å². The highest BCUT2D eigenvalue weighted by Gasteiger charge is 2.59. The van der Waals surface area contributed by atoms with Gasteiger partial charge in [0.2, 0.25) is 5.54 Å². The number of aliphatic carboxylic acids is 2. The van der Waals surface area contributed by atoms with Gasteiger partial charge >= 0.3 is 11.9 Å². The minimum Gasteiger partial charge on any atom is -0.479 e. The van der Waals surface area contributed by atoms with Gasteiger partial charge in [-0.3, -0.25) is 14.9 Å². The molecule has 0 aromatic heterocycles. The Morgan fingerprint density at radius 3 is 2.38 bits per heavy atom. The third kappa shape index (κ3) is 2.49. The molecule has 24 heavy (non-hydrogen) atoms. The van der Waals surface area contributed by atoms with Gasteiger partial charge in [-0.05, 0) is 12.0 Å². The van der Waals surface area contributed by atoms with Crippen LogP contribution in [0.2, 0.25) is 0 Å². The van der Waals surface area contributed by atoms with Crippen molar-refractivity contribution in [3.05, 3.63) is 52.6 Å². The molecular formula is C15H14N2O7. The molecule has 1 saturated heterocycles. The molecule has 0 bridgehead atoms. The summed E-state index contributed by atoms with van der Waals surface area (Å²) in [6.07, 6.45) is 1.01. The quantitative estimate of drug-likeness (QED) is 0.356. The first-order chi connectivity index (χ1) is 11.3. The lowest BCUT2D eigenvalue weighted by molar-refractivity contribution is -0.385. The van der Waals surface area contributed by atoms with Gasteiger partial charge < -0.3 is 15.1 Å². The van der Waals surface area contributed by atoms with Crippen molar-refractivity contribution in [3.63, 3.8) is 0 Å². The van der Waals surface area contributed by atoms with Crippen LogP contribution in [0.3, 0.4) is 0 Å². The van der Waals surface area contributed by atoms with Crippen LogP contribution in [0.5, 0.6) is 0 Å². The van der Waals surface area contributed by atoms with E-state index in [1.807, 2.05) is 0 Å². The summed E-state index contributed by atoms with van der Waals surface area (Å²) < 4.78 is 0. The predicted octanol–water partition coefficient (Wildman–Crippen LogP) is 1.15. The Morgan fingerprint density at radius 1 is 1.29 bits per heavy atom. The van der Waals surface area contributed by atoms with Crippen LogP contribution < -0.4 is 0 Å². The number of carboxylic acids is 2. The molecular weight excluding hydrogens is 320 g/mol. The van der Waals surface area contributed by atoms with E-state index in [1.54, 1.807) is 0 Å². The van der Waals surface area contributed by atoms with Gasteiger partial charge in [-0.15, -0.1) is 6.58 Å². The first-order valence-electron chi connectivity index (χ1n) is 6.90. The van der Waals surface area contributed by atoms with Gasteiger partial charge in [0, 0.05) is 19.0 Å². The van der Waals surface area contributed by atoms with Gasteiger partial charge in [-0.25, -0.2) is 9.59 Å². The van der Waals surface area contributed by atoms with Crippen molar-refractivity contribution >= 4 is 23.5 Å². The van der Waals surface area contributed by atoms with Gasteiger partial charge in [0.25, 0.3) is 11.6 Å². The molecule has 0 aliphatic carbocycles. The highest BCUT2D eigenvalue weighted by molar-refractivity contribution is 6.10. The highest BCUT2D eigenvalue weighted by Crippen LogP contribution is 2.37. The number of rotatable bonds is 5. The molecule has 0 radical (unpaired) electrons. The average molecular weight is 334 g/mol. The molecule has 126 valence electrons. The van der Waals surface area contributed by atoms with E-state index in [9.17, 15) is 34.7 Å². The van der Waals surface area contributed by atoms with Crippen molar-refractivity contribution < 1.29 is 29.5 Å². The van der Waals surface area contributed by atoms with Crippen LogP contribution >= 0.6 is 0 Å². The van der Waals surface area contributed by atoms with Gasteiger partial charge in [-0.1, -0.05) is 18.2 Å². The number of benzene rings is 1. The third-order valence-corrected chi connectivity index (χ3v) is 4.05. The number of nitro groups is 1. The van der Waals surface area contributed by atoms with E-state index in [-0.39, 0.29) is 18.5 Å². The second-order valence-corrected chi connectivity index (χ2v) is 5.36. The SMILES string of the molecule is C=CC1CN(C(=O)c2ccccc2[N+](=O)[O-])C(C(=O)O)(C(=O)O)C1. The Kier molecular flexibility index (Phi) is 4.36. The Balaban J connectivity index is 2.58. The van der Waals surface area contributed by atoms with Crippen LogP contribution in [0.25, 0.3) is 0 Å². The number of hydrogen-bond donors (Lipinski definition) is 2. The highest BCUT2D eigenvalue weighted by atomic mass is 16.6. The lowest BCUT2D eigenvalue weighted by Crippen LogP contribution is -2.58. The fraction of sp³-hybridized carbons (Fsp3) is 0.267. The van der Waals surface area contributed by atoms with Crippen molar-refractivity contribution in [1.82, 2.24) is 4.90 Å². The molecule has 2 N–H and O–H groups in total. The summed E-state index contributed by atoms with van der Waals surface area (Å²) in [5, 5.41) is 30.0. The number of hydrogen-bond acceptors (Lipinski definition) is 5. The van der Waals surface area contributed by atoms with Crippen LogP contribution in [0, 0.1) is 16.0 Å². The molecule has 1 aliphatic rings. The van der Waals surface area contributed by atoms with E-state index >= 15 is 0 Å². The summed E-state index contributed by atoms with van der Waals surface area (Å²) in [6.45, 7) is 3.31. The molecule has 0 saturated carbocycles. The van der Waals surface area contributed by atoms with Crippen molar-refractivity contribution in [3.8, 4) is 0 Å². The monoisotopic (exact) mass is 334 g/mol. The molecule has 1 heterocycles. The molecule has 1 aromatic carbocycles. The average Bonchev–Trinajstić information content (AvgIpc) is 2.95. The van der Waals surface area contributed by atoms with E-state index in [0.717, 1.165) is 12.1 Å². The van der Waals surface area contributed by atoms with Crippen molar-refractivity contribution in [2.24, 2.45) is 5.92 Å². The second kappa shape index (κ2) is 6.11. The number of carboxylic acid groups (broad SMARTS) is 2. The third-order valence-electron chi connectivity index (χ3n) is 4.05. The molecule has 1 fully saturated rings. The summed E-state index contributed by atoms with van der Waals surface area (Å²) in [6, 6.07) is 4.99. The van der Waals surface area contributed by atoms with Crippen molar-refractivity contribution in [2.45, 2.75) is 12.0 Å². The lowest BCUT2D eigenvalue weighted by Gasteiger charge is -2.30. The Hall–Kier alpha value is -3.23. The first kappa shape index (κ1) is 17.1. The Bertz CT molecular complexity index is 729. The lowest BCUT2D eigenvalue weighted by atomic mass is 9.92. The zero-order valence-corrected chi connectivity index (χ0v) is 12.4. The van der Waals surface area contributed by atoms with Crippen LogP contribution in [-0.4, -0.2) is 50.0 Å². The smallest absolute Gasteiger partial charge is 0.341 e. The molecule has 9 heteroatoms. The molecule has 9 nitrogen and oxygen atoms in total. The Morgan fingerprint density at radius 2 is 1.88 bits per heavy atom. The number of para-hydroxylation sites is 1. The van der Waals surface area contributed by atoms with Gasteiger partial charge in [0.15, 0.2) is 0 Å². The predicted molar refractivity (Wildman–Crippen MR) is 80.4 cm³/mol. The summed E-state index contributed by atoms with van der Waals surface area (Å²) >= 11 is 0. The van der Waals surface area contributed by atoms with Crippen LogP contribution in [0.1, 0.15) is 16.8 Å². The minimum absolute atomic E-state index is 0.201. The number of carbonyl (C=O) groups excluding carboxylic acids is 1. The fourth-order valence-electron chi connectivity index (χ4n) is 2.81. The Labute approximate surface area is 136 Å². The fourth-order valence-corrected chi connectivity index (χ4v) is 2.81. The topological polar surface area (TPSA) is 138 Å². The van der Waals surface area contributed by atoms with Gasteiger partial charge in [-0.2, -0.15) is 0 Å². The number of nitro benzene ring substituents is 1. The van der Waals surface area contributed by atoms with E-state index in [1.165, 1.54) is 18.2 Å². The van der Waals surface area contributed by atoms with Crippen LogP contribution in [-0.2, 0) is 9.59 Å². The molecule has 1 aliphatic heterocycles. The summed E-state index contributed by atoms with van der Waals surface area (Å²) in [5.41, 5.74) is -3.37. The standard InChI is InChI=1S/C15H14N2O7/c1-2-9-7-15(13(19)20,14(21)22)16(8-9)12(18)10-5-3-4-6-11(10)17(23)24/h2-6,9H,1,7-8H2,(H,19,20)(H,21,22). The molecule has 0 spiro atoms. The first-order valence-corrected chi connectivity index (χ1v) is 6.90. The van der Waals surface area contributed by atoms with Crippen molar-refractivity contribution in [2.75, 3.05) is 6.54 Å². The van der Waals surface area contributed by atoms with E-state index < -0.39 is 39.9 Å². The molecule has 1 atom stereocenters. The molecule has 1 aromatic rings. The number of likely N-dealkylation sites (tertiary alicyclic amines) is 1. The maximum absolute atomic E-state index is 12.7.